The Morgan fingerprint density at radius 2 is 2.12 bits per heavy atom. The number of anilines is 1. The van der Waals surface area contributed by atoms with Crippen molar-refractivity contribution in [2.75, 3.05) is 32.0 Å². The summed E-state index contributed by atoms with van der Waals surface area (Å²) in [7, 11) is 2.19. The Morgan fingerprint density at radius 1 is 1.41 bits per heavy atom. The van der Waals surface area contributed by atoms with Gasteiger partial charge in [0, 0.05) is 21.7 Å². The highest BCUT2D eigenvalue weighted by Gasteiger charge is 2.16. The molecule has 94 valence electrons. The van der Waals surface area contributed by atoms with Crippen LogP contribution in [0.3, 0.4) is 0 Å². The topological polar surface area (TPSA) is 15.3 Å². The minimum absolute atomic E-state index is 0.775. The molecule has 1 aromatic carbocycles. The normalized spacial score (nSPS) is 18.3. The monoisotopic (exact) mass is 316 g/mol. The van der Waals surface area contributed by atoms with Crippen LogP contribution in [-0.2, 0) is 0 Å². The van der Waals surface area contributed by atoms with Gasteiger partial charge in [-0.15, -0.1) is 0 Å². The van der Waals surface area contributed by atoms with E-state index in [1.807, 2.05) is 18.2 Å². The van der Waals surface area contributed by atoms with Crippen molar-refractivity contribution in [1.29, 1.82) is 0 Å². The molecule has 0 unspecified atom stereocenters. The largest absolute Gasteiger partial charge is 0.384 e. The maximum Gasteiger partial charge on any atom is 0.0499 e. The van der Waals surface area contributed by atoms with Crippen LogP contribution < -0.4 is 5.32 Å². The van der Waals surface area contributed by atoms with Crippen LogP contribution >= 0.6 is 27.5 Å². The number of hydrogen-bond donors (Lipinski definition) is 1. The molecule has 1 aromatic rings. The standard InChI is InChI=1S/C13H18BrClN2/c1-17-6-4-10(5-7-17)9-16-13-8-11(15)2-3-12(13)14/h2-3,8,10,16H,4-7,9H2,1H3. The number of piperidine rings is 1. The Bertz CT molecular complexity index is 376. The van der Waals surface area contributed by atoms with Crippen molar-refractivity contribution in [2.24, 2.45) is 5.92 Å². The number of halogens is 2. The summed E-state index contributed by atoms with van der Waals surface area (Å²) in [6.45, 7) is 3.46. The molecule has 17 heavy (non-hydrogen) atoms. The zero-order chi connectivity index (χ0) is 12.3. The van der Waals surface area contributed by atoms with Gasteiger partial charge >= 0.3 is 0 Å². The first-order valence-electron chi connectivity index (χ1n) is 6.02. The van der Waals surface area contributed by atoms with Crippen molar-refractivity contribution in [3.05, 3.63) is 27.7 Å². The van der Waals surface area contributed by atoms with E-state index in [0.717, 1.165) is 27.6 Å². The minimum Gasteiger partial charge on any atom is -0.384 e. The van der Waals surface area contributed by atoms with E-state index in [9.17, 15) is 0 Å². The second-order valence-electron chi connectivity index (χ2n) is 4.75. The van der Waals surface area contributed by atoms with E-state index < -0.39 is 0 Å². The van der Waals surface area contributed by atoms with Crippen molar-refractivity contribution < 1.29 is 0 Å². The Balaban J connectivity index is 1.87. The van der Waals surface area contributed by atoms with Gasteiger partial charge in [-0.05, 0) is 73.0 Å². The molecule has 0 saturated carbocycles. The second kappa shape index (κ2) is 6.07. The van der Waals surface area contributed by atoms with Crippen LogP contribution in [0.15, 0.2) is 22.7 Å². The maximum atomic E-state index is 5.99. The molecule has 1 N–H and O–H groups in total. The lowest BCUT2D eigenvalue weighted by atomic mass is 9.97. The number of nitrogens with zero attached hydrogens (tertiary/aromatic N) is 1. The number of hydrogen-bond acceptors (Lipinski definition) is 2. The maximum absolute atomic E-state index is 5.99. The van der Waals surface area contributed by atoms with Gasteiger partial charge in [0.25, 0.3) is 0 Å². The fraction of sp³-hybridized carbons (Fsp3) is 0.538. The van der Waals surface area contributed by atoms with Gasteiger partial charge in [-0.3, -0.25) is 0 Å². The quantitative estimate of drug-likeness (QED) is 0.911. The van der Waals surface area contributed by atoms with Crippen LogP contribution in [0, 0.1) is 5.92 Å². The molecule has 0 spiro atoms. The molecule has 2 nitrogen and oxygen atoms in total. The Morgan fingerprint density at radius 3 is 2.82 bits per heavy atom. The molecule has 0 amide bonds. The summed E-state index contributed by atoms with van der Waals surface area (Å²) >= 11 is 9.53. The van der Waals surface area contributed by atoms with Crippen LogP contribution in [0.2, 0.25) is 5.02 Å². The van der Waals surface area contributed by atoms with Gasteiger partial charge in [0.15, 0.2) is 0 Å². The molecule has 2 rings (SSSR count). The fourth-order valence-corrected chi connectivity index (χ4v) is 2.71. The van der Waals surface area contributed by atoms with E-state index in [1.54, 1.807) is 0 Å². The summed E-state index contributed by atoms with van der Waals surface area (Å²) < 4.78 is 1.08. The molecule has 0 radical (unpaired) electrons. The van der Waals surface area contributed by atoms with E-state index in [4.69, 9.17) is 11.6 Å². The molecule has 4 heteroatoms. The van der Waals surface area contributed by atoms with Gasteiger partial charge in [0.05, 0.1) is 0 Å². The van der Waals surface area contributed by atoms with Gasteiger partial charge in [-0.25, -0.2) is 0 Å². The molecular formula is C13H18BrClN2. The predicted octanol–water partition coefficient (Wildman–Crippen LogP) is 3.86. The molecule has 0 bridgehead atoms. The first kappa shape index (κ1) is 13.2. The molecule has 1 fully saturated rings. The van der Waals surface area contributed by atoms with E-state index in [2.05, 4.69) is 33.2 Å². The van der Waals surface area contributed by atoms with E-state index in [0.29, 0.717) is 0 Å². The number of benzene rings is 1. The van der Waals surface area contributed by atoms with Crippen LogP contribution in [0.1, 0.15) is 12.8 Å². The average molecular weight is 318 g/mol. The van der Waals surface area contributed by atoms with Gasteiger partial charge < -0.3 is 10.2 Å². The van der Waals surface area contributed by atoms with Crippen LogP contribution in [0.25, 0.3) is 0 Å². The lowest BCUT2D eigenvalue weighted by Gasteiger charge is -2.29. The first-order chi connectivity index (χ1) is 8.15. The molecule has 1 aliphatic heterocycles. The third-order valence-corrected chi connectivity index (χ3v) is 4.27. The summed E-state index contributed by atoms with van der Waals surface area (Å²) in [5.74, 6) is 0.775. The Hall–Kier alpha value is -0.250. The highest BCUT2D eigenvalue weighted by molar-refractivity contribution is 9.10. The SMILES string of the molecule is CN1CCC(CNc2cc(Cl)ccc2Br)CC1. The third kappa shape index (κ3) is 3.87. The summed E-state index contributed by atoms with van der Waals surface area (Å²) in [6, 6.07) is 5.85. The van der Waals surface area contributed by atoms with E-state index >= 15 is 0 Å². The van der Waals surface area contributed by atoms with Crippen molar-refractivity contribution in [3.8, 4) is 0 Å². The second-order valence-corrected chi connectivity index (χ2v) is 6.04. The molecule has 0 atom stereocenters. The third-order valence-electron chi connectivity index (χ3n) is 3.35. The fourth-order valence-electron chi connectivity index (χ4n) is 2.15. The molecular weight excluding hydrogens is 300 g/mol. The average Bonchev–Trinajstić information content (AvgIpc) is 2.32. The minimum atomic E-state index is 0.775. The lowest BCUT2D eigenvalue weighted by molar-refractivity contribution is 0.226. The van der Waals surface area contributed by atoms with Crippen LogP contribution in [0.4, 0.5) is 5.69 Å². The number of rotatable bonds is 3. The van der Waals surface area contributed by atoms with Crippen molar-refractivity contribution >= 4 is 33.2 Å². The summed E-state index contributed by atoms with van der Waals surface area (Å²) in [5, 5.41) is 4.27. The van der Waals surface area contributed by atoms with Gasteiger partial charge in [-0.1, -0.05) is 11.6 Å². The zero-order valence-corrected chi connectivity index (χ0v) is 12.4. The molecule has 0 aromatic heterocycles. The molecule has 1 aliphatic rings. The smallest absolute Gasteiger partial charge is 0.0499 e. The van der Waals surface area contributed by atoms with Gasteiger partial charge in [-0.2, -0.15) is 0 Å². The summed E-state index contributed by atoms with van der Waals surface area (Å²) in [4.78, 5) is 2.39. The number of likely N-dealkylation sites (tertiary alicyclic amines) is 1. The zero-order valence-electron chi connectivity index (χ0n) is 10.0. The van der Waals surface area contributed by atoms with Crippen molar-refractivity contribution in [2.45, 2.75) is 12.8 Å². The van der Waals surface area contributed by atoms with Gasteiger partial charge in [0.1, 0.15) is 0 Å². The highest BCUT2D eigenvalue weighted by Crippen LogP contribution is 2.27. The Kier molecular flexibility index (Phi) is 4.71. The lowest BCUT2D eigenvalue weighted by Crippen LogP contribution is -2.32. The molecule has 0 aliphatic carbocycles. The first-order valence-corrected chi connectivity index (χ1v) is 7.19. The molecule has 1 heterocycles. The van der Waals surface area contributed by atoms with Crippen molar-refractivity contribution in [3.63, 3.8) is 0 Å². The summed E-state index contributed by atoms with van der Waals surface area (Å²) in [5.41, 5.74) is 1.09. The molecule has 1 saturated heterocycles. The number of nitrogens with one attached hydrogen (secondary N) is 1. The summed E-state index contributed by atoms with van der Waals surface area (Å²) in [6.07, 6.45) is 2.56. The van der Waals surface area contributed by atoms with E-state index in [1.165, 1.54) is 25.9 Å². The van der Waals surface area contributed by atoms with Gasteiger partial charge in [0.2, 0.25) is 0 Å². The van der Waals surface area contributed by atoms with Crippen LogP contribution in [-0.4, -0.2) is 31.6 Å². The van der Waals surface area contributed by atoms with Crippen LogP contribution in [0.5, 0.6) is 0 Å². The van der Waals surface area contributed by atoms with Crippen molar-refractivity contribution in [1.82, 2.24) is 4.90 Å². The highest BCUT2D eigenvalue weighted by atomic mass is 79.9. The Labute approximate surface area is 116 Å². The van der Waals surface area contributed by atoms with E-state index in [-0.39, 0.29) is 0 Å². The predicted molar refractivity (Wildman–Crippen MR) is 77.9 cm³/mol.